The highest BCUT2D eigenvalue weighted by Crippen LogP contribution is 2.43. The second-order valence-corrected chi connectivity index (χ2v) is 12.8. The summed E-state index contributed by atoms with van der Waals surface area (Å²) >= 11 is 12.0. The zero-order valence-corrected chi connectivity index (χ0v) is 23.3. The van der Waals surface area contributed by atoms with Crippen LogP contribution < -0.4 is 0 Å². The van der Waals surface area contributed by atoms with E-state index in [1.165, 1.54) is 18.2 Å². The minimum atomic E-state index is -6.24. The number of alkyl halides is 3. The summed E-state index contributed by atoms with van der Waals surface area (Å²) in [6, 6.07) is 7.92. The zero-order chi connectivity index (χ0) is 26.7. The van der Waals surface area contributed by atoms with Crippen molar-refractivity contribution in [3.63, 3.8) is 0 Å². The van der Waals surface area contributed by atoms with Gasteiger partial charge in [-0.3, -0.25) is 9.59 Å². The number of hydrogen-bond donors (Lipinski definition) is 2. The maximum absolute atomic E-state index is 13.2. The Labute approximate surface area is 227 Å². The summed E-state index contributed by atoms with van der Waals surface area (Å²) in [7, 11) is -6.24. The van der Waals surface area contributed by atoms with Crippen LogP contribution in [0.1, 0.15) is 51.3 Å². The molecule has 2 unspecified atom stereocenters. The van der Waals surface area contributed by atoms with E-state index in [1.807, 2.05) is 6.07 Å². The van der Waals surface area contributed by atoms with E-state index in [9.17, 15) is 31.2 Å². The fourth-order valence-corrected chi connectivity index (χ4v) is 7.59. The summed E-state index contributed by atoms with van der Waals surface area (Å²) in [5, 5.41) is 0.529. The minimum Gasteiger partial charge on any atom is -0.266 e. The molecule has 0 aliphatic carbocycles. The van der Waals surface area contributed by atoms with Crippen molar-refractivity contribution in [1.82, 2.24) is 5.06 Å². The molecule has 2 aromatic rings. The number of thioether (sulfide) groups is 2. The first-order valence-electron chi connectivity index (χ1n) is 10.9. The Kier molecular flexibility index (Phi) is 10.00. The number of imide groups is 1. The Morgan fingerprint density at radius 2 is 1.67 bits per heavy atom. The van der Waals surface area contributed by atoms with Crippen LogP contribution in [0.4, 0.5) is 13.2 Å². The maximum atomic E-state index is 13.2. The van der Waals surface area contributed by atoms with E-state index >= 15 is 0 Å². The minimum absolute atomic E-state index is 0.0926. The van der Waals surface area contributed by atoms with E-state index in [4.69, 9.17) is 0 Å². The van der Waals surface area contributed by atoms with Gasteiger partial charge in [0, 0.05) is 27.4 Å². The Morgan fingerprint density at radius 1 is 1.03 bits per heavy atom. The second kappa shape index (κ2) is 12.2. The SMILES string of the molecule is CCCC(SCCS)C(SCCS)c1cc2c3c(cccc3c1)C(=O)N(OS(=O)(=O)C(F)(F)F)C2=O. The first-order chi connectivity index (χ1) is 17.0. The van der Waals surface area contributed by atoms with Crippen LogP contribution in [0, 0.1) is 0 Å². The van der Waals surface area contributed by atoms with Gasteiger partial charge in [0.15, 0.2) is 0 Å². The highest BCUT2D eigenvalue weighted by atomic mass is 32.2. The second-order valence-electron chi connectivity index (χ2n) is 7.79. The van der Waals surface area contributed by atoms with Gasteiger partial charge in [0.1, 0.15) is 0 Å². The van der Waals surface area contributed by atoms with Crippen LogP contribution in [-0.4, -0.2) is 59.1 Å². The molecule has 2 aromatic carbocycles. The molecule has 6 nitrogen and oxygen atoms in total. The largest absolute Gasteiger partial charge is 0.525 e. The third kappa shape index (κ3) is 6.15. The van der Waals surface area contributed by atoms with Crippen LogP contribution in [0.5, 0.6) is 0 Å². The van der Waals surface area contributed by atoms with E-state index < -0.39 is 27.4 Å². The molecule has 14 heteroatoms. The quantitative estimate of drug-likeness (QED) is 0.183. The van der Waals surface area contributed by atoms with Gasteiger partial charge < -0.3 is 0 Å². The third-order valence-electron chi connectivity index (χ3n) is 5.34. The maximum Gasteiger partial charge on any atom is 0.525 e. The van der Waals surface area contributed by atoms with E-state index in [2.05, 4.69) is 36.5 Å². The predicted octanol–water partition coefficient (Wildman–Crippen LogP) is 5.75. The number of hydrogen-bond acceptors (Lipinski definition) is 9. The summed E-state index contributed by atoms with van der Waals surface area (Å²) in [6.45, 7) is 2.07. The van der Waals surface area contributed by atoms with Gasteiger partial charge in [-0.15, -0.1) is 9.35 Å². The molecule has 0 bridgehead atoms. The predicted molar refractivity (Wildman–Crippen MR) is 145 cm³/mol. The fourth-order valence-electron chi connectivity index (χ4n) is 3.89. The highest BCUT2D eigenvalue weighted by Gasteiger charge is 2.51. The number of thiol groups is 2. The Bertz CT molecular complexity index is 1240. The lowest BCUT2D eigenvalue weighted by molar-refractivity contribution is -0.0761. The molecule has 198 valence electrons. The van der Waals surface area contributed by atoms with Crippen molar-refractivity contribution in [2.75, 3.05) is 23.0 Å². The number of benzene rings is 2. The lowest BCUT2D eigenvalue weighted by Crippen LogP contribution is -2.44. The number of carbonyl (C=O) groups is 2. The number of rotatable bonds is 12. The Morgan fingerprint density at radius 3 is 2.28 bits per heavy atom. The standard InChI is InChI=1S/C22H24F3NO5S5/c1-2-4-17(34-9-7-32)19(35-10-8-33)14-11-13-5-3-6-15-18(13)16(12-14)21(28)26(20(15)27)31-36(29,30)22(23,24)25/h3,5-6,11-12,17,19,32-33H,2,4,7-10H2,1H3. The molecule has 0 saturated heterocycles. The van der Waals surface area contributed by atoms with Gasteiger partial charge in [0.2, 0.25) is 0 Å². The monoisotopic (exact) mass is 599 g/mol. The highest BCUT2D eigenvalue weighted by molar-refractivity contribution is 8.04. The molecule has 0 spiro atoms. The molecule has 1 aliphatic rings. The number of carbonyl (C=O) groups excluding carboxylic acids is 2. The first-order valence-corrected chi connectivity index (χ1v) is 15.6. The number of amides is 2. The third-order valence-corrected chi connectivity index (χ3v) is 10.2. The molecule has 36 heavy (non-hydrogen) atoms. The number of hydroxylamine groups is 2. The topological polar surface area (TPSA) is 80.8 Å². The smallest absolute Gasteiger partial charge is 0.266 e. The molecule has 0 N–H and O–H groups in total. The summed E-state index contributed by atoms with van der Waals surface area (Å²) in [5.41, 5.74) is -5.29. The van der Waals surface area contributed by atoms with E-state index in [-0.39, 0.29) is 32.1 Å². The molecule has 1 aliphatic heterocycles. The van der Waals surface area contributed by atoms with Crippen LogP contribution >= 0.6 is 48.8 Å². The van der Waals surface area contributed by atoms with Crippen molar-refractivity contribution < 1.29 is 35.5 Å². The zero-order valence-electron chi connectivity index (χ0n) is 19.0. The first kappa shape index (κ1) is 29.5. The number of halogens is 3. The normalized spacial score (nSPS) is 16.0. The van der Waals surface area contributed by atoms with Gasteiger partial charge in [-0.05, 0) is 47.1 Å². The Hall–Kier alpha value is -1.06. The van der Waals surface area contributed by atoms with Gasteiger partial charge >= 0.3 is 15.6 Å². The fraction of sp³-hybridized carbons (Fsp3) is 0.455. The van der Waals surface area contributed by atoms with Crippen LogP contribution in [0.2, 0.25) is 0 Å². The molecule has 0 aromatic heterocycles. The summed E-state index contributed by atoms with van der Waals surface area (Å²) in [5.74, 6) is 0.266. The van der Waals surface area contributed by atoms with Crippen LogP contribution in [0.25, 0.3) is 10.8 Å². The van der Waals surface area contributed by atoms with Crippen molar-refractivity contribution in [2.24, 2.45) is 0 Å². The Balaban J connectivity index is 2.15. The molecular formula is C22H24F3NO5S5. The van der Waals surface area contributed by atoms with Crippen molar-refractivity contribution in [3.05, 3.63) is 47.0 Å². The number of nitrogens with zero attached hydrogens (tertiary/aromatic N) is 1. The molecule has 0 radical (unpaired) electrons. The average molecular weight is 600 g/mol. The van der Waals surface area contributed by atoms with E-state index in [0.717, 1.165) is 24.2 Å². The van der Waals surface area contributed by atoms with Crippen LogP contribution in [-0.2, 0) is 14.4 Å². The van der Waals surface area contributed by atoms with E-state index in [1.54, 1.807) is 29.6 Å². The summed E-state index contributed by atoms with van der Waals surface area (Å²) in [4.78, 5) is 26.0. The van der Waals surface area contributed by atoms with E-state index in [0.29, 0.717) is 22.6 Å². The average Bonchev–Trinajstić information content (AvgIpc) is 2.82. The van der Waals surface area contributed by atoms with Gasteiger partial charge in [-0.25, -0.2) is 0 Å². The van der Waals surface area contributed by atoms with Crippen LogP contribution in [0.3, 0.4) is 0 Å². The van der Waals surface area contributed by atoms with Gasteiger partial charge in [-0.2, -0.15) is 70.4 Å². The van der Waals surface area contributed by atoms with Crippen molar-refractivity contribution in [3.8, 4) is 0 Å². The molecule has 0 fully saturated rings. The summed E-state index contributed by atoms with van der Waals surface area (Å²) < 4.78 is 66.0. The van der Waals surface area contributed by atoms with Gasteiger partial charge in [0.25, 0.3) is 11.8 Å². The molecule has 1 heterocycles. The molecule has 2 amide bonds. The lowest BCUT2D eigenvalue weighted by atomic mass is 9.91. The lowest BCUT2D eigenvalue weighted by Gasteiger charge is -2.29. The van der Waals surface area contributed by atoms with Crippen molar-refractivity contribution >= 4 is 81.5 Å². The van der Waals surface area contributed by atoms with Gasteiger partial charge in [-0.1, -0.05) is 25.5 Å². The summed E-state index contributed by atoms with van der Waals surface area (Å²) in [6.07, 6.45) is 1.79. The molecule has 2 atom stereocenters. The van der Waals surface area contributed by atoms with Gasteiger partial charge in [0.05, 0.1) is 11.1 Å². The molecular weight excluding hydrogens is 576 g/mol. The molecule has 0 saturated carbocycles. The van der Waals surface area contributed by atoms with Crippen molar-refractivity contribution in [2.45, 2.75) is 35.8 Å². The van der Waals surface area contributed by atoms with Crippen LogP contribution in [0.15, 0.2) is 30.3 Å². The van der Waals surface area contributed by atoms with Crippen molar-refractivity contribution in [1.29, 1.82) is 0 Å². The molecule has 3 rings (SSSR count).